The second-order valence-electron chi connectivity index (χ2n) is 3.42. The van der Waals surface area contributed by atoms with E-state index in [-0.39, 0.29) is 11.5 Å². The molecule has 0 bridgehead atoms. The summed E-state index contributed by atoms with van der Waals surface area (Å²) in [4.78, 5) is 0. The molecule has 0 unspecified atom stereocenters. The van der Waals surface area contributed by atoms with E-state index in [2.05, 4.69) is 0 Å². The number of hydrogen-bond donors (Lipinski definition) is 2. The number of rotatable bonds is 3. The predicted molar refractivity (Wildman–Crippen MR) is 57.9 cm³/mol. The Kier molecular flexibility index (Phi) is 3.39. The van der Waals surface area contributed by atoms with Crippen molar-refractivity contribution in [3.8, 4) is 11.5 Å². The molecular formula is C12H18O2. The van der Waals surface area contributed by atoms with Crippen LogP contribution in [-0.2, 0) is 19.3 Å². The Morgan fingerprint density at radius 2 is 1.50 bits per heavy atom. The van der Waals surface area contributed by atoms with Crippen LogP contribution in [0, 0.1) is 0 Å². The summed E-state index contributed by atoms with van der Waals surface area (Å²) in [7, 11) is 0. The highest BCUT2D eigenvalue weighted by Gasteiger charge is 2.13. The maximum Gasteiger partial charge on any atom is 0.125 e. The van der Waals surface area contributed by atoms with Gasteiger partial charge < -0.3 is 10.2 Å². The molecule has 0 radical (unpaired) electrons. The van der Waals surface area contributed by atoms with Crippen molar-refractivity contribution in [3.63, 3.8) is 0 Å². The third-order valence-electron chi connectivity index (χ3n) is 2.67. The van der Waals surface area contributed by atoms with Crippen LogP contribution in [0.5, 0.6) is 11.5 Å². The first-order chi connectivity index (χ1) is 6.65. The van der Waals surface area contributed by atoms with Crippen molar-refractivity contribution in [1.82, 2.24) is 0 Å². The Labute approximate surface area is 85.2 Å². The normalized spacial score (nSPS) is 10.5. The topological polar surface area (TPSA) is 40.5 Å². The maximum absolute atomic E-state index is 9.92. The van der Waals surface area contributed by atoms with Gasteiger partial charge in [0.2, 0.25) is 0 Å². The third-order valence-corrected chi connectivity index (χ3v) is 2.67. The van der Waals surface area contributed by atoms with E-state index < -0.39 is 0 Å². The summed E-state index contributed by atoms with van der Waals surface area (Å²) in [6.07, 6.45) is 2.31. The second kappa shape index (κ2) is 4.36. The predicted octanol–water partition coefficient (Wildman–Crippen LogP) is 2.79. The zero-order valence-electron chi connectivity index (χ0n) is 9.09. The van der Waals surface area contributed by atoms with E-state index in [1.807, 2.05) is 20.8 Å². The van der Waals surface area contributed by atoms with Crippen LogP contribution in [0.4, 0.5) is 0 Å². The summed E-state index contributed by atoms with van der Waals surface area (Å²) in [5.41, 5.74) is 2.68. The smallest absolute Gasteiger partial charge is 0.125 e. The van der Waals surface area contributed by atoms with E-state index in [1.165, 1.54) is 0 Å². The lowest BCUT2D eigenvalue weighted by Crippen LogP contribution is -1.96. The van der Waals surface area contributed by atoms with Crippen molar-refractivity contribution >= 4 is 0 Å². The van der Waals surface area contributed by atoms with Gasteiger partial charge in [0.15, 0.2) is 0 Å². The average Bonchev–Trinajstić information content (AvgIpc) is 2.17. The fourth-order valence-electron chi connectivity index (χ4n) is 1.85. The fraction of sp³-hybridized carbons (Fsp3) is 0.500. The molecule has 14 heavy (non-hydrogen) atoms. The molecule has 0 atom stereocenters. The van der Waals surface area contributed by atoms with Gasteiger partial charge in [0.05, 0.1) is 0 Å². The van der Waals surface area contributed by atoms with Crippen LogP contribution < -0.4 is 0 Å². The van der Waals surface area contributed by atoms with Crippen LogP contribution in [0.3, 0.4) is 0 Å². The molecule has 2 nitrogen and oxygen atoms in total. The molecule has 0 aliphatic carbocycles. The van der Waals surface area contributed by atoms with Crippen molar-refractivity contribution in [2.45, 2.75) is 40.0 Å². The lowest BCUT2D eigenvalue weighted by atomic mass is 9.96. The number of benzene rings is 1. The number of phenols is 2. The molecule has 1 aromatic rings. The Morgan fingerprint density at radius 1 is 0.929 bits per heavy atom. The summed E-state index contributed by atoms with van der Waals surface area (Å²) in [5, 5.41) is 19.6. The summed E-state index contributed by atoms with van der Waals surface area (Å²) in [6, 6.07) is 1.78. The molecule has 2 heteroatoms. The van der Waals surface area contributed by atoms with Gasteiger partial charge in [0.1, 0.15) is 11.5 Å². The van der Waals surface area contributed by atoms with Crippen LogP contribution in [0.25, 0.3) is 0 Å². The number of aryl methyl sites for hydroxylation is 1. The zero-order valence-corrected chi connectivity index (χ0v) is 9.09. The highest BCUT2D eigenvalue weighted by Crippen LogP contribution is 2.34. The second-order valence-corrected chi connectivity index (χ2v) is 3.42. The first-order valence-electron chi connectivity index (χ1n) is 5.21. The minimum absolute atomic E-state index is 0.221. The molecule has 0 aliphatic rings. The Balaban J connectivity index is 3.39. The standard InChI is InChI=1S/C12H18O2/c1-4-8-7-11(13)10(6-3)12(14)9(8)5-2/h7,13-14H,4-6H2,1-3H3. The van der Waals surface area contributed by atoms with Gasteiger partial charge in [-0.3, -0.25) is 0 Å². The molecule has 0 spiro atoms. The lowest BCUT2D eigenvalue weighted by Gasteiger charge is -2.13. The van der Waals surface area contributed by atoms with Crippen molar-refractivity contribution < 1.29 is 10.2 Å². The van der Waals surface area contributed by atoms with Crippen molar-refractivity contribution in [1.29, 1.82) is 0 Å². The first-order valence-corrected chi connectivity index (χ1v) is 5.21. The summed E-state index contributed by atoms with van der Waals surface area (Å²) >= 11 is 0. The van der Waals surface area contributed by atoms with Crippen molar-refractivity contribution in [2.75, 3.05) is 0 Å². The number of aromatic hydroxyl groups is 2. The molecule has 1 aromatic carbocycles. The minimum Gasteiger partial charge on any atom is -0.508 e. The van der Waals surface area contributed by atoms with Gasteiger partial charge in [0.25, 0.3) is 0 Å². The van der Waals surface area contributed by atoms with Crippen LogP contribution >= 0.6 is 0 Å². The molecule has 0 saturated carbocycles. The third kappa shape index (κ3) is 1.69. The maximum atomic E-state index is 9.92. The SMILES string of the molecule is CCc1cc(O)c(CC)c(O)c1CC. The van der Waals surface area contributed by atoms with E-state index in [0.29, 0.717) is 12.0 Å². The minimum atomic E-state index is 0.221. The average molecular weight is 194 g/mol. The number of hydrogen-bond acceptors (Lipinski definition) is 2. The van der Waals surface area contributed by atoms with Gasteiger partial charge in [-0.25, -0.2) is 0 Å². The van der Waals surface area contributed by atoms with Gasteiger partial charge in [0, 0.05) is 5.56 Å². The monoisotopic (exact) mass is 194 g/mol. The Bertz CT molecular complexity index is 330. The number of phenolic OH excluding ortho intramolecular Hbond substituents is 2. The van der Waals surface area contributed by atoms with Crippen molar-refractivity contribution in [2.24, 2.45) is 0 Å². The van der Waals surface area contributed by atoms with Gasteiger partial charge in [-0.15, -0.1) is 0 Å². The first kappa shape index (κ1) is 10.9. The van der Waals surface area contributed by atoms with Gasteiger partial charge in [-0.2, -0.15) is 0 Å². The molecule has 1 rings (SSSR count). The van der Waals surface area contributed by atoms with E-state index in [0.717, 1.165) is 24.0 Å². The molecule has 0 saturated heterocycles. The van der Waals surface area contributed by atoms with Crippen LogP contribution in [0.15, 0.2) is 6.07 Å². The quantitative estimate of drug-likeness (QED) is 0.776. The zero-order chi connectivity index (χ0) is 10.7. The van der Waals surface area contributed by atoms with E-state index in [1.54, 1.807) is 6.07 Å². The van der Waals surface area contributed by atoms with Crippen LogP contribution in [-0.4, -0.2) is 10.2 Å². The largest absolute Gasteiger partial charge is 0.508 e. The molecule has 0 aliphatic heterocycles. The van der Waals surface area contributed by atoms with E-state index in [4.69, 9.17) is 0 Å². The van der Waals surface area contributed by atoms with Crippen LogP contribution in [0.1, 0.15) is 37.5 Å². The summed E-state index contributed by atoms with van der Waals surface area (Å²) in [5.74, 6) is 0.505. The highest BCUT2D eigenvalue weighted by atomic mass is 16.3. The fourth-order valence-corrected chi connectivity index (χ4v) is 1.85. The summed E-state index contributed by atoms with van der Waals surface area (Å²) < 4.78 is 0. The highest BCUT2D eigenvalue weighted by molar-refractivity contribution is 5.52. The molecule has 0 amide bonds. The Morgan fingerprint density at radius 3 is 1.93 bits per heavy atom. The molecule has 0 aromatic heterocycles. The van der Waals surface area contributed by atoms with E-state index in [9.17, 15) is 10.2 Å². The molecule has 0 heterocycles. The van der Waals surface area contributed by atoms with Gasteiger partial charge >= 0.3 is 0 Å². The molecule has 2 N–H and O–H groups in total. The molecular weight excluding hydrogens is 176 g/mol. The summed E-state index contributed by atoms with van der Waals surface area (Å²) in [6.45, 7) is 5.98. The van der Waals surface area contributed by atoms with Gasteiger partial charge in [-0.05, 0) is 36.5 Å². The Hall–Kier alpha value is -1.18. The lowest BCUT2D eigenvalue weighted by molar-refractivity contribution is 0.434. The van der Waals surface area contributed by atoms with E-state index >= 15 is 0 Å². The molecule has 0 fully saturated rings. The van der Waals surface area contributed by atoms with Crippen LogP contribution in [0.2, 0.25) is 0 Å². The van der Waals surface area contributed by atoms with Gasteiger partial charge in [-0.1, -0.05) is 20.8 Å². The van der Waals surface area contributed by atoms with Crippen molar-refractivity contribution in [3.05, 3.63) is 22.8 Å². The molecule has 78 valence electrons.